The lowest BCUT2D eigenvalue weighted by molar-refractivity contribution is 0.599. The smallest absolute Gasteiger partial charge is 0.233 e. The van der Waals surface area contributed by atoms with Crippen molar-refractivity contribution in [1.82, 2.24) is 24.3 Å². The van der Waals surface area contributed by atoms with Crippen LogP contribution >= 0.6 is 0 Å². The molecule has 0 bridgehead atoms. The van der Waals surface area contributed by atoms with E-state index in [0.29, 0.717) is 24.0 Å². The fraction of sp³-hybridized carbons (Fsp3) is 0.438. The van der Waals surface area contributed by atoms with Crippen LogP contribution in [-0.2, 0) is 16.4 Å². The molecule has 1 saturated heterocycles. The summed E-state index contributed by atoms with van der Waals surface area (Å²) < 4.78 is 27.5. The van der Waals surface area contributed by atoms with Gasteiger partial charge in [0.15, 0.2) is 9.84 Å². The van der Waals surface area contributed by atoms with E-state index in [0.717, 1.165) is 17.6 Å². The van der Waals surface area contributed by atoms with Gasteiger partial charge in [-0.3, -0.25) is 0 Å². The molecule has 0 aliphatic carbocycles. The Morgan fingerprint density at radius 3 is 2.75 bits per heavy atom. The summed E-state index contributed by atoms with van der Waals surface area (Å²) in [6, 6.07) is 7.93. The highest BCUT2D eigenvalue weighted by atomic mass is 32.2. The minimum absolute atomic E-state index is 0.124. The van der Waals surface area contributed by atoms with Crippen LogP contribution in [0.4, 0.5) is 0 Å². The molecule has 1 aromatic carbocycles. The van der Waals surface area contributed by atoms with Gasteiger partial charge in [-0.25, -0.2) is 18.4 Å². The molecule has 8 heteroatoms. The maximum absolute atomic E-state index is 11.9. The van der Waals surface area contributed by atoms with E-state index in [-0.39, 0.29) is 17.4 Å². The molecule has 2 aromatic heterocycles. The standard InChI is InChI=1S/C16H19N5O2S/c1-3-20-14-7-5-4-6-13(14)18-16(20)21-15(17-11(2)19-21)12-8-9-24(22,23)10-12/h4-7,12H,3,8-10H2,1-2H3/t12-/m0/s1. The Morgan fingerprint density at radius 2 is 2.04 bits per heavy atom. The molecule has 1 atom stereocenters. The molecule has 1 fully saturated rings. The van der Waals surface area contributed by atoms with Crippen LogP contribution in [-0.4, -0.2) is 44.2 Å². The maximum atomic E-state index is 11.9. The normalized spacial score (nSPS) is 20.0. The molecule has 0 N–H and O–H groups in total. The average molecular weight is 345 g/mol. The highest BCUT2D eigenvalue weighted by Crippen LogP contribution is 2.29. The van der Waals surface area contributed by atoms with Crippen LogP contribution in [0.3, 0.4) is 0 Å². The van der Waals surface area contributed by atoms with Crippen LogP contribution in [0.5, 0.6) is 0 Å². The topological polar surface area (TPSA) is 82.7 Å². The highest BCUT2D eigenvalue weighted by molar-refractivity contribution is 7.91. The van der Waals surface area contributed by atoms with Crippen molar-refractivity contribution in [2.45, 2.75) is 32.7 Å². The molecule has 3 heterocycles. The van der Waals surface area contributed by atoms with Crippen molar-refractivity contribution in [3.63, 3.8) is 0 Å². The summed E-state index contributed by atoms with van der Waals surface area (Å²) in [6.45, 7) is 4.63. The van der Waals surface area contributed by atoms with Crippen molar-refractivity contribution in [2.24, 2.45) is 0 Å². The SMILES string of the molecule is CCn1c(-n2nc(C)nc2[C@H]2CCS(=O)(=O)C2)nc2ccccc21. The van der Waals surface area contributed by atoms with Crippen LogP contribution in [0.15, 0.2) is 24.3 Å². The van der Waals surface area contributed by atoms with E-state index in [1.165, 1.54) is 0 Å². The third-order valence-electron chi connectivity index (χ3n) is 4.48. The summed E-state index contributed by atoms with van der Waals surface area (Å²) in [5, 5.41) is 4.50. The summed E-state index contributed by atoms with van der Waals surface area (Å²) >= 11 is 0. The lowest BCUT2D eigenvalue weighted by atomic mass is 10.1. The Hall–Kier alpha value is -2.22. The molecule has 0 spiro atoms. The molecular formula is C16H19N5O2S. The van der Waals surface area contributed by atoms with E-state index >= 15 is 0 Å². The monoisotopic (exact) mass is 345 g/mol. The highest BCUT2D eigenvalue weighted by Gasteiger charge is 2.33. The van der Waals surface area contributed by atoms with Gasteiger partial charge < -0.3 is 4.57 Å². The third-order valence-corrected chi connectivity index (χ3v) is 6.24. The molecule has 0 amide bonds. The van der Waals surface area contributed by atoms with Crippen molar-refractivity contribution in [2.75, 3.05) is 11.5 Å². The minimum Gasteiger partial charge on any atom is -0.309 e. The van der Waals surface area contributed by atoms with E-state index in [1.807, 2.05) is 31.2 Å². The zero-order chi connectivity index (χ0) is 16.9. The van der Waals surface area contributed by atoms with Crippen molar-refractivity contribution in [1.29, 1.82) is 0 Å². The Balaban J connectivity index is 1.89. The summed E-state index contributed by atoms with van der Waals surface area (Å²) in [7, 11) is -2.98. The Labute approximate surface area is 140 Å². The predicted octanol–water partition coefficient (Wildman–Crippen LogP) is 1.85. The van der Waals surface area contributed by atoms with E-state index < -0.39 is 9.84 Å². The van der Waals surface area contributed by atoms with Gasteiger partial charge in [0, 0.05) is 12.5 Å². The molecule has 4 rings (SSSR count). The molecule has 126 valence electrons. The molecule has 24 heavy (non-hydrogen) atoms. The zero-order valence-electron chi connectivity index (χ0n) is 13.7. The number of hydrogen-bond donors (Lipinski definition) is 0. The molecule has 0 unspecified atom stereocenters. The molecule has 1 aliphatic rings. The molecule has 7 nitrogen and oxygen atoms in total. The van der Waals surface area contributed by atoms with Crippen LogP contribution in [0.1, 0.15) is 30.9 Å². The number of aromatic nitrogens is 5. The molecule has 1 aliphatic heterocycles. The van der Waals surface area contributed by atoms with Crippen LogP contribution in [0.2, 0.25) is 0 Å². The van der Waals surface area contributed by atoms with Gasteiger partial charge in [0.2, 0.25) is 5.95 Å². The van der Waals surface area contributed by atoms with Gasteiger partial charge in [0.1, 0.15) is 11.6 Å². The zero-order valence-corrected chi connectivity index (χ0v) is 14.5. The summed E-state index contributed by atoms with van der Waals surface area (Å²) in [4.78, 5) is 9.22. The van der Waals surface area contributed by atoms with Gasteiger partial charge in [-0.1, -0.05) is 12.1 Å². The van der Waals surface area contributed by atoms with E-state index in [2.05, 4.69) is 21.6 Å². The first kappa shape index (κ1) is 15.3. The summed E-state index contributed by atoms with van der Waals surface area (Å²) in [6.07, 6.45) is 0.590. The Kier molecular flexibility index (Phi) is 3.45. The molecule has 3 aromatic rings. The maximum Gasteiger partial charge on any atom is 0.233 e. The number of fused-ring (bicyclic) bond motifs is 1. The number of benzene rings is 1. The first-order chi connectivity index (χ1) is 11.5. The number of aryl methyl sites for hydroxylation is 2. The van der Waals surface area contributed by atoms with Crippen LogP contribution < -0.4 is 0 Å². The van der Waals surface area contributed by atoms with Crippen molar-refractivity contribution >= 4 is 20.9 Å². The molecular weight excluding hydrogens is 326 g/mol. The lowest BCUT2D eigenvalue weighted by Crippen LogP contribution is -2.14. The average Bonchev–Trinajstić information content (AvgIpc) is 3.21. The Morgan fingerprint density at radius 1 is 1.25 bits per heavy atom. The third kappa shape index (κ3) is 2.41. The van der Waals surface area contributed by atoms with Crippen molar-refractivity contribution in [3.05, 3.63) is 35.9 Å². The van der Waals surface area contributed by atoms with E-state index in [4.69, 9.17) is 4.98 Å². The van der Waals surface area contributed by atoms with E-state index in [1.54, 1.807) is 4.68 Å². The number of rotatable bonds is 3. The number of sulfone groups is 1. The number of hydrogen-bond acceptors (Lipinski definition) is 5. The van der Waals surface area contributed by atoms with Gasteiger partial charge in [-0.15, -0.1) is 5.10 Å². The van der Waals surface area contributed by atoms with Crippen molar-refractivity contribution < 1.29 is 8.42 Å². The molecule has 0 radical (unpaired) electrons. The first-order valence-electron chi connectivity index (χ1n) is 8.08. The lowest BCUT2D eigenvalue weighted by Gasteiger charge is -2.11. The van der Waals surface area contributed by atoms with Gasteiger partial charge in [0.25, 0.3) is 0 Å². The largest absolute Gasteiger partial charge is 0.309 e. The van der Waals surface area contributed by atoms with Gasteiger partial charge in [-0.05, 0) is 32.4 Å². The predicted molar refractivity (Wildman–Crippen MR) is 91.1 cm³/mol. The summed E-state index contributed by atoms with van der Waals surface area (Å²) in [5.74, 6) is 2.24. The summed E-state index contributed by atoms with van der Waals surface area (Å²) in [5.41, 5.74) is 1.93. The molecule has 0 saturated carbocycles. The second-order valence-corrected chi connectivity index (χ2v) is 8.40. The second kappa shape index (κ2) is 5.41. The second-order valence-electron chi connectivity index (χ2n) is 6.17. The number of nitrogens with zero attached hydrogens (tertiary/aromatic N) is 5. The van der Waals surface area contributed by atoms with Gasteiger partial charge >= 0.3 is 0 Å². The van der Waals surface area contributed by atoms with Gasteiger partial charge in [0.05, 0.1) is 22.5 Å². The van der Waals surface area contributed by atoms with Crippen LogP contribution in [0, 0.1) is 6.92 Å². The van der Waals surface area contributed by atoms with Crippen LogP contribution in [0.25, 0.3) is 17.0 Å². The fourth-order valence-electron chi connectivity index (χ4n) is 3.38. The Bertz CT molecular complexity index is 1020. The van der Waals surface area contributed by atoms with Gasteiger partial charge in [-0.2, -0.15) is 4.68 Å². The van der Waals surface area contributed by atoms with E-state index in [9.17, 15) is 8.42 Å². The minimum atomic E-state index is -2.98. The van der Waals surface area contributed by atoms with Crippen molar-refractivity contribution in [3.8, 4) is 5.95 Å². The fourth-order valence-corrected chi connectivity index (χ4v) is 5.12. The first-order valence-corrected chi connectivity index (χ1v) is 9.90. The number of para-hydroxylation sites is 2. The number of imidazole rings is 1. The quantitative estimate of drug-likeness (QED) is 0.723.